The van der Waals surface area contributed by atoms with E-state index in [9.17, 15) is 8.42 Å². The van der Waals surface area contributed by atoms with Gasteiger partial charge in [0.15, 0.2) is 0 Å². The minimum absolute atomic E-state index is 0.111. The van der Waals surface area contributed by atoms with Gasteiger partial charge in [-0.1, -0.05) is 36.6 Å². The molecule has 2 atom stereocenters. The van der Waals surface area contributed by atoms with E-state index in [1.54, 1.807) is 24.3 Å². The lowest BCUT2D eigenvalue weighted by Crippen LogP contribution is -2.53. The number of anilines is 1. The lowest BCUT2D eigenvalue weighted by atomic mass is 9.89. The van der Waals surface area contributed by atoms with Gasteiger partial charge in [-0.25, -0.2) is 13.1 Å². The van der Waals surface area contributed by atoms with Gasteiger partial charge in [-0.05, 0) is 68.7 Å². The summed E-state index contributed by atoms with van der Waals surface area (Å²) in [5.41, 5.74) is 2.36. The van der Waals surface area contributed by atoms with Crippen LogP contribution in [-0.2, 0) is 10.0 Å². The molecule has 0 heterocycles. The first kappa shape index (κ1) is 20.2. The summed E-state index contributed by atoms with van der Waals surface area (Å²) in [6.07, 6.45) is 3.98. The molecule has 0 spiro atoms. The summed E-state index contributed by atoms with van der Waals surface area (Å²) in [5.74, 6) is 0. The van der Waals surface area contributed by atoms with Crippen LogP contribution >= 0.6 is 11.6 Å². The first-order valence-corrected chi connectivity index (χ1v) is 11.4. The molecule has 1 N–H and O–H groups in total. The molecule has 0 bridgehead atoms. The average molecular weight is 407 g/mol. The lowest BCUT2D eigenvalue weighted by Gasteiger charge is -2.41. The van der Waals surface area contributed by atoms with E-state index in [-0.39, 0.29) is 17.0 Å². The van der Waals surface area contributed by atoms with Gasteiger partial charge in [0.2, 0.25) is 10.0 Å². The molecule has 0 aromatic heterocycles. The first-order valence-electron chi connectivity index (χ1n) is 9.52. The fourth-order valence-electron chi connectivity index (χ4n) is 3.92. The monoisotopic (exact) mass is 406 g/mol. The van der Waals surface area contributed by atoms with E-state index >= 15 is 0 Å². The predicted octanol–water partition coefficient (Wildman–Crippen LogP) is 4.76. The Morgan fingerprint density at radius 1 is 1.11 bits per heavy atom. The van der Waals surface area contributed by atoms with Crippen molar-refractivity contribution in [1.82, 2.24) is 4.72 Å². The molecule has 2 aromatic rings. The molecule has 6 heteroatoms. The normalized spacial score (nSPS) is 20.4. The van der Waals surface area contributed by atoms with Crippen molar-refractivity contribution >= 4 is 27.3 Å². The Kier molecular flexibility index (Phi) is 6.45. The van der Waals surface area contributed by atoms with E-state index in [0.29, 0.717) is 5.02 Å². The fraction of sp³-hybridized carbons (Fsp3) is 0.429. The van der Waals surface area contributed by atoms with Crippen molar-refractivity contribution < 1.29 is 8.42 Å². The van der Waals surface area contributed by atoms with E-state index in [1.165, 1.54) is 5.56 Å². The number of nitrogens with zero attached hydrogens (tertiary/aromatic N) is 1. The smallest absolute Gasteiger partial charge is 0.240 e. The molecule has 1 fully saturated rings. The number of hydrogen-bond donors (Lipinski definition) is 1. The Morgan fingerprint density at radius 2 is 1.81 bits per heavy atom. The van der Waals surface area contributed by atoms with Crippen molar-refractivity contribution in [1.29, 1.82) is 0 Å². The van der Waals surface area contributed by atoms with Gasteiger partial charge in [-0.3, -0.25) is 0 Å². The summed E-state index contributed by atoms with van der Waals surface area (Å²) in [6, 6.07) is 14.8. The number of hydrogen-bond acceptors (Lipinski definition) is 3. The van der Waals surface area contributed by atoms with E-state index in [1.807, 2.05) is 0 Å². The zero-order valence-electron chi connectivity index (χ0n) is 15.9. The van der Waals surface area contributed by atoms with Crippen LogP contribution in [0.1, 0.15) is 38.2 Å². The molecule has 0 saturated heterocycles. The molecular weight excluding hydrogens is 380 g/mol. The summed E-state index contributed by atoms with van der Waals surface area (Å²) in [7, 11) is -3.58. The lowest BCUT2D eigenvalue weighted by molar-refractivity contribution is 0.345. The third-order valence-electron chi connectivity index (χ3n) is 5.23. The minimum Gasteiger partial charge on any atom is -0.367 e. The summed E-state index contributed by atoms with van der Waals surface area (Å²) in [6.45, 7) is 5.05. The molecule has 0 aliphatic heterocycles. The van der Waals surface area contributed by atoms with Crippen molar-refractivity contribution in [3.05, 3.63) is 59.1 Å². The van der Waals surface area contributed by atoms with Gasteiger partial charge in [0.1, 0.15) is 0 Å². The fourth-order valence-corrected chi connectivity index (χ4v) is 5.35. The molecule has 0 radical (unpaired) electrons. The third kappa shape index (κ3) is 4.84. The van der Waals surface area contributed by atoms with Gasteiger partial charge < -0.3 is 4.90 Å². The van der Waals surface area contributed by atoms with E-state index in [2.05, 4.69) is 47.7 Å². The van der Waals surface area contributed by atoms with Crippen molar-refractivity contribution in [3.63, 3.8) is 0 Å². The van der Waals surface area contributed by atoms with Crippen LogP contribution in [0.2, 0.25) is 5.02 Å². The van der Waals surface area contributed by atoms with Crippen LogP contribution in [0.25, 0.3) is 0 Å². The van der Waals surface area contributed by atoms with Crippen LogP contribution in [0.4, 0.5) is 5.69 Å². The summed E-state index contributed by atoms with van der Waals surface area (Å²) in [4.78, 5) is 2.59. The number of halogens is 1. The number of likely N-dealkylation sites (N-methyl/N-ethyl adjacent to an activating group) is 1. The quantitative estimate of drug-likeness (QED) is 0.752. The largest absolute Gasteiger partial charge is 0.367 e. The molecule has 2 aromatic carbocycles. The van der Waals surface area contributed by atoms with E-state index in [4.69, 9.17) is 11.6 Å². The number of sulfonamides is 1. The molecule has 1 saturated carbocycles. The Hall–Kier alpha value is -1.56. The highest BCUT2D eigenvalue weighted by Crippen LogP contribution is 2.29. The predicted molar refractivity (Wildman–Crippen MR) is 112 cm³/mol. The van der Waals surface area contributed by atoms with Crippen LogP contribution in [0.15, 0.2) is 53.4 Å². The molecule has 3 rings (SSSR count). The SMILES string of the molecule is CCN(c1cccc(C)c1)[C@@H]1CCCC[C@@H]1NS(=O)(=O)c1ccc(Cl)cc1. The number of aryl methyl sites for hydroxylation is 1. The first-order chi connectivity index (χ1) is 12.9. The van der Waals surface area contributed by atoms with Gasteiger partial charge in [0.05, 0.1) is 4.90 Å². The summed E-state index contributed by atoms with van der Waals surface area (Å²) >= 11 is 5.90. The molecule has 0 unspecified atom stereocenters. The zero-order chi connectivity index (χ0) is 19.4. The molecule has 1 aliphatic rings. The molecular formula is C21H27ClN2O2S. The Labute approximate surface area is 167 Å². The van der Waals surface area contributed by atoms with Crippen molar-refractivity contribution in [2.45, 2.75) is 56.5 Å². The summed E-state index contributed by atoms with van der Waals surface area (Å²) < 4.78 is 28.7. The average Bonchev–Trinajstić information content (AvgIpc) is 2.64. The van der Waals surface area contributed by atoms with Crippen molar-refractivity contribution in [2.24, 2.45) is 0 Å². The second kappa shape index (κ2) is 8.63. The Balaban J connectivity index is 1.85. The zero-order valence-corrected chi connectivity index (χ0v) is 17.4. The Morgan fingerprint density at radius 3 is 2.48 bits per heavy atom. The highest BCUT2D eigenvalue weighted by molar-refractivity contribution is 7.89. The molecule has 27 heavy (non-hydrogen) atoms. The van der Waals surface area contributed by atoms with Gasteiger partial charge >= 0.3 is 0 Å². The van der Waals surface area contributed by atoms with Crippen LogP contribution in [-0.4, -0.2) is 27.0 Å². The summed E-state index contributed by atoms with van der Waals surface area (Å²) in [5, 5.41) is 0.529. The van der Waals surface area contributed by atoms with Gasteiger partial charge in [-0.2, -0.15) is 0 Å². The standard InChI is InChI=1S/C21H27ClN2O2S/c1-3-24(18-8-6-7-16(2)15-18)21-10-5-4-9-20(21)23-27(25,26)19-13-11-17(22)12-14-19/h6-8,11-15,20-21,23H,3-5,9-10H2,1-2H3/t20-,21+/m0/s1. The Bertz CT molecular complexity index is 868. The van der Waals surface area contributed by atoms with E-state index in [0.717, 1.165) is 37.9 Å². The van der Waals surface area contributed by atoms with Crippen LogP contribution in [0.5, 0.6) is 0 Å². The van der Waals surface area contributed by atoms with Crippen LogP contribution in [0, 0.1) is 6.92 Å². The van der Waals surface area contributed by atoms with E-state index < -0.39 is 10.0 Å². The molecule has 4 nitrogen and oxygen atoms in total. The van der Waals surface area contributed by atoms with Crippen LogP contribution in [0.3, 0.4) is 0 Å². The highest BCUT2D eigenvalue weighted by atomic mass is 35.5. The van der Waals surface area contributed by atoms with Gasteiger partial charge in [-0.15, -0.1) is 0 Å². The maximum absolute atomic E-state index is 12.9. The van der Waals surface area contributed by atoms with Crippen molar-refractivity contribution in [2.75, 3.05) is 11.4 Å². The van der Waals surface area contributed by atoms with Crippen LogP contribution < -0.4 is 9.62 Å². The number of nitrogens with one attached hydrogen (secondary N) is 1. The number of benzene rings is 2. The number of rotatable bonds is 6. The topological polar surface area (TPSA) is 49.4 Å². The minimum atomic E-state index is -3.58. The molecule has 146 valence electrons. The second-order valence-electron chi connectivity index (χ2n) is 7.16. The van der Waals surface area contributed by atoms with Gasteiger partial charge in [0, 0.05) is 29.3 Å². The highest BCUT2D eigenvalue weighted by Gasteiger charge is 2.33. The maximum Gasteiger partial charge on any atom is 0.240 e. The maximum atomic E-state index is 12.9. The second-order valence-corrected chi connectivity index (χ2v) is 9.31. The van der Waals surface area contributed by atoms with Gasteiger partial charge in [0.25, 0.3) is 0 Å². The molecule has 0 amide bonds. The van der Waals surface area contributed by atoms with Crippen molar-refractivity contribution in [3.8, 4) is 0 Å². The molecule has 1 aliphatic carbocycles. The third-order valence-corrected chi connectivity index (χ3v) is 6.99.